The van der Waals surface area contributed by atoms with E-state index >= 15 is 0 Å². The number of rotatable bonds is 0. The number of aliphatic imine (C=N–C) groups is 2. The van der Waals surface area contributed by atoms with Crippen LogP contribution in [0.25, 0.3) is 0 Å². The molecule has 2 aliphatic heterocycles. The summed E-state index contributed by atoms with van der Waals surface area (Å²) in [5.41, 5.74) is 2.75. The smallest absolute Gasteiger partial charge is 0.221 e. The molecule has 2 atom stereocenters. The van der Waals surface area contributed by atoms with Crippen molar-refractivity contribution in [2.75, 3.05) is 0 Å². The van der Waals surface area contributed by atoms with Crippen molar-refractivity contribution in [3.63, 3.8) is 0 Å². The second-order valence-electron chi connectivity index (χ2n) is 2.21. The Hall–Kier alpha value is -0.610. The summed E-state index contributed by atoms with van der Waals surface area (Å²) in [6, 6.07) is 0. The highest BCUT2D eigenvalue weighted by Crippen LogP contribution is 2.19. The molecule has 2 aliphatic rings. The lowest BCUT2D eigenvalue weighted by molar-refractivity contribution is 0.566. The first-order valence-electron chi connectivity index (χ1n) is 3.03. The number of nitrogens with one attached hydrogen (secondary N) is 1. The maximum atomic E-state index is 5.77. The van der Waals surface area contributed by atoms with E-state index in [1.54, 1.807) is 6.21 Å². The molecule has 0 saturated heterocycles. The van der Waals surface area contributed by atoms with Crippen molar-refractivity contribution < 1.29 is 0 Å². The molecule has 1 N–H and O–H groups in total. The Balaban J connectivity index is 2.33. The van der Waals surface area contributed by atoms with Gasteiger partial charge in [-0.3, -0.25) is 5.43 Å². The number of hydrogen-bond acceptors (Lipinski definition) is 4. The molecule has 0 radical (unpaired) electrons. The minimum absolute atomic E-state index is 0.0424. The van der Waals surface area contributed by atoms with E-state index in [1.165, 1.54) is 0 Å². The van der Waals surface area contributed by atoms with Crippen LogP contribution in [0.1, 0.15) is 0 Å². The van der Waals surface area contributed by atoms with E-state index in [4.69, 9.17) is 23.2 Å². The van der Waals surface area contributed by atoms with Crippen LogP contribution >= 0.6 is 23.2 Å². The lowest BCUT2D eigenvalue weighted by Crippen LogP contribution is -2.32. The minimum atomic E-state index is -0.160. The average molecular weight is 191 g/mol. The molecule has 0 aromatic carbocycles. The molecule has 58 valence electrons. The highest BCUT2D eigenvalue weighted by atomic mass is 35.5. The maximum absolute atomic E-state index is 5.77. The van der Waals surface area contributed by atoms with Crippen LogP contribution in [0.4, 0.5) is 0 Å². The number of hydrazone groups is 1. The number of nitrogens with zero attached hydrogens (tertiary/aromatic N) is 3. The first-order chi connectivity index (χ1) is 5.27. The normalized spacial score (nSPS) is 34.0. The summed E-state index contributed by atoms with van der Waals surface area (Å²) in [6.07, 6.45) is 1.51. The predicted octanol–water partition coefficient (Wildman–Crippen LogP) is 0.763. The number of amidine groups is 1. The van der Waals surface area contributed by atoms with Crippen LogP contribution < -0.4 is 5.43 Å². The van der Waals surface area contributed by atoms with Gasteiger partial charge in [0.2, 0.25) is 5.29 Å². The fourth-order valence-electron chi connectivity index (χ4n) is 0.969. The monoisotopic (exact) mass is 190 g/mol. The molecule has 0 aliphatic carbocycles. The van der Waals surface area contributed by atoms with E-state index in [0.717, 1.165) is 0 Å². The quantitative estimate of drug-likeness (QED) is 0.564. The van der Waals surface area contributed by atoms with Gasteiger partial charge in [0.1, 0.15) is 5.17 Å². The molecular formula is C5H4Cl2N4. The van der Waals surface area contributed by atoms with Gasteiger partial charge in [-0.05, 0) is 11.6 Å². The maximum Gasteiger partial charge on any atom is 0.221 e. The van der Waals surface area contributed by atoms with Crippen LogP contribution in [0, 0.1) is 5.92 Å². The van der Waals surface area contributed by atoms with E-state index in [0.29, 0.717) is 5.17 Å². The third kappa shape index (κ3) is 1.12. The van der Waals surface area contributed by atoms with E-state index < -0.39 is 0 Å². The van der Waals surface area contributed by atoms with Gasteiger partial charge in [0.15, 0.2) is 6.17 Å². The first-order valence-corrected chi connectivity index (χ1v) is 3.79. The second-order valence-corrected chi connectivity index (χ2v) is 2.94. The summed E-state index contributed by atoms with van der Waals surface area (Å²) in [4.78, 5) is 7.76. The van der Waals surface area contributed by atoms with E-state index in [1.807, 2.05) is 0 Å². The van der Waals surface area contributed by atoms with Gasteiger partial charge in [0.05, 0.1) is 5.92 Å². The van der Waals surface area contributed by atoms with E-state index in [9.17, 15) is 0 Å². The average Bonchev–Trinajstić information content (AvgIpc) is 2.34. The minimum Gasteiger partial charge on any atom is -0.285 e. The Morgan fingerprint density at radius 2 is 2.27 bits per heavy atom. The molecule has 0 fully saturated rings. The third-order valence-corrected chi connectivity index (χ3v) is 2.02. The molecule has 0 aromatic heterocycles. The Morgan fingerprint density at radius 1 is 1.45 bits per heavy atom. The fourth-order valence-corrected chi connectivity index (χ4v) is 1.46. The van der Waals surface area contributed by atoms with Crippen molar-refractivity contribution in [2.24, 2.45) is 21.0 Å². The Kier molecular flexibility index (Phi) is 1.58. The van der Waals surface area contributed by atoms with Gasteiger partial charge in [0.25, 0.3) is 0 Å². The van der Waals surface area contributed by atoms with Crippen molar-refractivity contribution in [1.82, 2.24) is 5.43 Å². The highest BCUT2D eigenvalue weighted by Gasteiger charge is 2.30. The van der Waals surface area contributed by atoms with Gasteiger partial charge in [-0.15, -0.1) is 0 Å². The zero-order valence-corrected chi connectivity index (χ0v) is 6.84. The predicted molar refractivity (Wildman–Crippen MR) is 45.5 cm³/mol. The molecule has 0 saturated carbocycles. The second kappa shape index (κ2) is 2.46. The Bertz CT molecular complexity index is 270. The van der Waals surface area contributed by atoms with Gasteiger partial charge in [-0.2, -0.15) is 5.10 Å². The zero-order valence-electron chi connectivity index (χ0n) is 5.33. The summed E-state index contributed by atoms with van der Waals surface area (Å²) in [6.45, 7) is 0. The van der Waals surface area contributed by atoms with Crippen molar-refractivity contribution in [3.05, 3.63) is 0 Å². The lowest BCUT2D eigenvalue weighted by atomic mass is 10.1. The molecule has 4 nitrogen and oxygen atoms in total. The Morgan fingerprint density at radius 3 is 3.09 bits per heavy atom. The molecule has 0 spiro atoms. The summed E-state index contributed by atoms with van der Waals surface area (Å²) < 4.78 is 0. The van der Waals surface area contributed by atoms with Crippen molar-refractivity contribution in [1.29, 1.82) is 0 Å². The molecule has 6 heteroatoms. The van der Waals surface area contributed by atoms with E-state index in [-0.39, 0.29) is 17.4 Å². The van der Waals surface area contributed by atoms with E-state index in [2.05, 4.69) is 20.5 Å². The highest BCUT2D eigenvalue weighted by molar-refractivity contribution is 6.73. The van der Waals surface area contributed by atoms with Gasteiger partial charge in [-0.25, -0.2) is 9.98 Å². The summed E-state index contributed by atoms with van der Waals surface area (Å²) in [7, 11) is 0. The molecular weight excluding hydrogens is 187 g/mol. The number of fused-ring (bicyclic) bond motifs is 1. The van der Waals surface area contributed by atoms with Crippen molar-refractivity contribution in [2.45, 2.75) is 6.17 Å². The SMILES string of the molecule is ClC1=NC2NN=CC2C(Cl)=N1. The molecule has 2 rings (SSSR count). The van der Waals surface area contributed by atoms with Gasteiger partial charge in [0, 0.05) is 6.21 Å². The standard InChI is InChI=1S/C5H4Cl2N4/c6-3-2-1-8-11-4(2)10-5(7)9-3/h1-2,4,11H. The van der Waals surface area contributed by atoms with Crippen LogP contribution in [-0.2, 0) is 0 Å². The van der Waals surface area contributed by atoms with Crippen LogP contribution in [0.3, 0.4) is 0 Å². The van der Waals surface area contributed by atoms with Crippen molar-refractivity contribution in [3.8, 4) is 0 Å². The van der Waals surface area contributed by atoms with Crippen molar-refractivity contribution >= 4 is 39.9 Å². The third-order valence-electron chi connectivity index (χ3n) is 1.50. The summed E-state index contributed by atoms with van der Waals surface area (Å²) >= 11 is 11.3. The molecule has 11 heavy (non-hydrogen) atoms. The van der Waals surface area contributed by atoms with Crippen LogP contribution in [-0.4, -0.2) is 22.8 Å². The Labute approximate surface area is 73.0 Å². The largest absolute Gasteiger partial charge is 0.285 e. The lowest BCUT2D eigenvalue weighted by Gasteiger charge is -2.15. The first kappa shape index (κ1) is 7.06. The molecule has 2 heterocycles. The molecule has 2 unspecified atom stereocenters. The fraction of sp³-hybridized carbons (Fsp3) is 0.400. The van der Waals surface area contributed by atoms with Crippen LogP contribution in [0.15, 0.2) is 15.1 Å². The molecule has 0 aromatic rings. The topological polar surface area (TPSA) is 49.1 Å². The van der Waals surface area contributed by atoms with Crippen LogP contribution in [0.5, 0.6) is 0 Å². The summed E-state index contributed by atoms with van der Waals surface area (Å²) in [5.74, 6) is -0.0424. The van der Waals surface area contributed by atoms with Crippen LogP contribution in [0.2, 0.25) is 0 Å². The van der Waals surface area contributed by atoms with Gasteiger partial charge < -0.3 is 0 Å². The van der Waals surface area contributed by atoms with Gasteiger partial charge in [-0.1, -0.05) is 11.6 Å². The number of hydrogen-bond donors (Lipinski definition) is 1. The summed E-state index contributed by atoms with van der Waals surface area (Å²) in [5, 5.41) is 4.42. The zero-order chi connectivity index (χ0) is 7.84. The molecule has 0 bridgehead atoms. The molecule has 0 amide bonds. The van der Waals surface area contributed by atoms with Gasteiger partial charge >= 0.3 is 0 Å². The number of halogens is 2.